The van der Waals surface area contributed by atoms with Gasteiger partial charge in [0.05, 0.1) is 5.69 Å². The second kappa shape index (κ2) is 7.42. The first kappa shape index (κ1) is 13.2. The lowest BCUT2D eigenvalue weighted by Crippen LogP contribution is -1.99. The molecule has 0 bridgehead atoms. The highest BCUT2D eigenvalue weighted by Crippen LogP contribution is 2.08. The lowest BCUT2D eigenvalue weighted by atomic mass is 10.1. The summed E-state index contributed by atoms with van der Waals surface area (Å²) >= 11 is 0. The molecule has 0 saturated carbocycles. The number of hydrogen-bond acceptors (Lipinski definition) is 2. The van der Waals surface area contributed by atoms with Crippen LogP contribution in [0, 0.1) is 5.92 Å². The molecule has 0 atom stereocenters. The van der Waals surface area contributed by atoms with Gasteiger partial charge in [0.1, 0.15) is 0 Å². The third kappa shape index (κ3) is 5.29. The van der Waals surface area contributed by atoms with E-state index in [0.29, 0.717) is 0 Å². The van der Waals surface area contributed by atoms with Crippen LogP contribution in [0.4, 0.5) is 0 Å². The van der Waals surface area contributed by atoms with E-state index in [1.54, 1.807) is 0 Å². The zero-order valence-corrected chi connectivity index (χ0v) is 10.9. The molecule has 3 heteroatoms. The lowest BCUT2D eigenvalue weighted by molar-refractivity contribution is 0.487. The molecule has 0 aromatic carbocycles. The van der Waals surface area contributed by atoms with Gasteiger partial charge in [0, 0.05) is 12.7 Å². The lowest BCUT2D eigenvalue weighted by Gasteiger charge is -2.03. The minimum absolute atomic E-state index is 0.836. The van der Waals surface area contributed by atoms with Crippen molar-refractivity contribution in [3.05, 3.63) is 11.9 Å². The van der Waals surface area contributed by atoms with Gasteiger partial charge >= 0.3 is 0 Å². The summed E-state index contributed by atoms with van der Waals surface area (Å²) in [4.78, 5) is 0. The van der Waals surface area contributed by atoms with E-state index in [1.807, 2.05) is 4.68 Å². The summed E-state index contributed by atoms with van der Waals surface area (Å²) in [6, 6.07) is 0. The SMILES string of the molecule is CCCc1cn(CCCCCC(C)C)nn1. The Morgan fingerprint density at radius 3 is 2.75 bits per heavy atom. The first-order chi connectivity index (χ1) is 7.72. The molecule has 0 unspecified atom stereocenters. The molecular formula is C13H25N3. The molecule has 16 heavy (non-hydrogen) atoms. The zero-order chi connectivity index (χ0) is 11.8. The third-order valence-corrected chi connectivity index (χ3v) is 2.76. The van der Waals surface area contributed by atoms with Crippen molar-refractivity contribution in [2.75, 3.05) is 0 Å². The van der Waals surface area contributed by atoms with Crippen molar-refractivity contribution in [2.24, 2.45) is 5.92 Å². The van der Waals surface area contributed by atoms with Crippen molar-refractivity contribution in [1.29, 1.82) is 0 Å². The van der Waals surface area contributed by atoms with E-state index < -0.39 is 0 Å². The summed E-state index contributed by atoms with van der Waals surface area (Å²) in [5.74, 6) is 0.836. The molecule has 0 aliphatic carbocycles. The summed E-state index contributed by atoms with van der Waals surface area (Å²) in [5.41, 5.74) is 1.13. The molecule has 0 radical (unpaired) electrons. The first-order valence-electron chi connectivity index (χ1n) is 6.61. The van der Waals surface area contributed by atoms with Gasteiger partial charge in [-0.3, -0.25) is 4.68 Å². The van der Waals surface area contributed by atoms with Crippen molar-refractivity contribution in [3.63, 3.8) is 0 Å². The van der Waals surface area contributed by atoms with Crippen LogP contribution in [-0.2, 0) is 13.0 Å². The van der Waals surface area contributed by atoms with Gasteiger partial charge in [-0.25, -0.2) is 0 Å². The highest BCUT2D eigenvalue weighted by Gasteiger charge is 1.99. The van der Waals surface area contributed by atoms with Gasteiger partial charge in [0.15, 0.2) is 0 Å². The van der Waals surface area contributed by atoms with Gasteiger partial charge in [0.2, 0.25) is 0 Å². The van der Waals surface area contributed by atoms with Gasteiger partial charge in [-0.15, -0.1) is 5.10 Å². The highest BCUT2D eigenvalue weighted by molar-refractivity contribution is 4.91. The fraction of sp³-hybridized carbons (Fsp3) is 0.846. The number of unbranched alkanes of at least 4 members (excludes halogenated alkanes) is 2. The molecule has 0 amide bonds. The van der Waals surface area contributed by atoms with Crippen molar-refractivity contribution in [2.45, 2.75) is 65.8 Å². The largest absolute Gasteiger partial charge is 0.252 e. The molecule has 92 valence electrons. The smallest absolute Gasteiger partial charge is 0.0827 e. The molecule has 0 saturated heterocycles. The van der Waals surface area contributed by atoms with E-state index in [1.165, 1.54) is 25.7 Å². The average molecular weight is 223 g/mol. The van der Waals surface area contributed by atoms with E-state index in [4.69, 9.17) is 0 Å². The third-order valence-electron chi connectivity index (χ3n) is 2.76. The molecule has 1 rings (SSSR count). The summed E-state index contributed by atoms with van der Waals surface area (Å²) in [6.07, 6.45) is 9.50. The van der Waals surface area contributed by atoms with Gasteiger partial charge in [-0.2, -0.15) is 0 Å². The molecule has 0 aliphatic rings. The maximum atomic E-state index is 4.15. The van der Waals surface area contributed by atoms with Gasteiger partial charge in [-0.05, 0) is 18.8 Å². The average Bonchev–Trinajstić information content (AvgIpc) is 2.65. The number of aromatic nitrogens is 3. The molecular weight excluding hydrogens is 198 g/mol. The van der Waals surface area contributed by atoms with Crippen LogP contribution in [0.3, 0.4) is 0 Å². The van der Waals surface area contributed by atoms with Crippen LogP contribution in [0.1, 0.15) is 58.6 Å². The van der Waals surface area contributed by atoms with Crippen LogP contribution in [-0.4, -0.2) is 15.0 Å². The van der Waals surface area contributed by atoms with E-state index in [2.05, 4.69) is 37.3 Å². The Morgan fingerprint density at radius 1 is 1.25 bits per heavy atom. The van der Waals surface area contributed by atoms with Gasteiger partial charge in [0.25, 0.3) is 0 Å². The van der Waals surface area contributed by atoms with Crippen molar-refractivity contribution in [3.8, 4) is 0 Å². The van der Waals surface area contributed by atoms with E-state index in [-0.39, 0.29) is 0 Å². The quantitative estimate of drug-likeness (QED) is 0.632. The van der Waals surface area contributed by atoms with E-state index >= 15 is 0 Å². The number of rotatable bonds is 8. The monoisotopic (exact) mass is 223 g/mol. The number of nitrogens with zero attached hydrogens (tertiary/aromatic N) is 3. The Balaban J connectivity index is 2.12. The van der Waals surface area contributed by atoms with Gasteiger partial charge < -0.3 is 0 Å². The van der Waals surface area contributed by atoms with Crippen LogP contribution in [0.2, 0.25) is 0 Å². The summed E-state index contributed by atoms with van der Waals surface area (Å²) in [5, 5.41) is 8.28. The van der Waals surface area contributed by atoms with Crippen LogP contribution in [0.25, 0.3) is 0 Å². The number of hydrogen-bond donors (Lipinski definition) is 0. The maximum Gasteiger partial charge on any atom is 0.0827 e. The summed E-state index contributed by atoms with van der Waals surface area (Å²) in [7, 11) is 0. The minimum atomic E-state index is 0.836. The van der Waals surface area contributed by atoms with Crippen molar-refractivity contribution >= 4 is 0 Å². The molecule has 3 nitrogen and oxygen atoms in total. The molecule has 0 N–H and O–H groups in total. The van der Waals surface area contributed by atoms with Crippen LogP contribution < -0.4 is 0 Å². The van der Waals surface area contributed by atoms with Crippen LogP contribution >= 0.6 is 0 Å². The second-order valence-corrected chi connectivity index (χ2v) is 4.97. The molecule has 0 aliphatic heterocycles. The fourth-order valence-electron chi connectivity index (χ4n) is 1.82. The molecule has 0 fully saturated rings. The fourth-order valence-corrected chi connectivity index (χ4v) is 1.82. The number of aryl methyl sites for hydroxylation is 2. The second-order valence-electron chi connectivity index (χ2n) is 4.97. The first-order valence-corrected chi connectivity index (χ1v) is 6.61. The van der Waals surface area contributed by atoms with Crippen LogP contribution in [0.15, 0.2) is 6.20 Å². The highest BCUT2D eigenvalue weighted by atomic mass is 15.4. The molecule has 1 heterocycles. The Morgan fingerprint density at radius 2 is 2.06 bits per heavy atom. The molecule has 0 spiro atoms. The Labute approximate surface area is 99.2 Å². The topological polar surface area (TPSA) is 30.7 Å². The molecule has 1 aromatic heterocycles. The standard InChI is InChI=1S/C13H25N3/c1-4-8-13-11-16(15-14-13)10-7-5-6-9-12(2)3/h11-12H,4-10H2,1-3H3. The van der Waals surface area contributed by atoms with Gasteiger partial charge in [-0.1, -0.05) is 51.7 Å². The zero-order valence-electron chi connectivity index (χ0n) is 10.9. The Bertz CT molecular complexity index is 278. The Hall–Kier alpha value is -0.860. The van der Waals surface area contributed by atoms with E-state index in [0.717, 1.165) is 31.0 Å². The maximum absolute atomic E-state index is 4.15. The summed E-state index contributed by atoms with van der Waals surface area (Å²) < 4.78 is 1.99. The molecule has 1 aromatic rings. The van der Waals surface area contributed by atoms with Crippen molar-refractivity contribution in [1.82, 2.24) is 15.0 Å². The van der Waals surface area contributed by atoms with Crippen LogP contribution in [0.5, 0.6) is 0 Å². The predicted octanol–water partition coefficient (Wildman–Crippen LogP) is 3.45. The normalized spacial score (nSPS) is 11.2. The van der Waals surface area contributed by atoms with Crippen molar-refractivity contribution < 1.29 is 0 Å². The minimum Gasteiger partial charge on any atom is -0.252 e. The Kier molecular flexibility index (Phi) is 6.12. The van der Waals surface area contributed by atoms with E-state index in [9.17, 15) is 0 Å². The predicted molar refractivity (Wildman–Crippen MR) is 67.3 cm³/mol. The summed E-state index contributed by atoms with van der Waals surface area (Å²) in [6.45, 7) is 7.77.